The summed E-state index contributed by atoms with van der Waals surface area (Å²) in [5.41, 5.74) is 1.97. The number of nitrogens with zero attached hydrogens (tertiary/aromatic N) is 2. The molecule has 2 heterocycles. The number of hydrogen-bond donors (Lipinski definition) is 1. The number of likely N-dealkylation sites (tertiary alicyclic amines) is 1. The maximum absolute atomic E-state index is 12.4. The van der Waals surface area contributed by atoms with E-state index in [1.54, 1.807) is 11.3 Å². The molecule has 1 aromatic heterocycles. The van der Waals surface area contributed by atoms with Crippen LogP contribution in [0.5, 0.6) is 0 Å². The number of hydrogen-bond acceptors (Lipinski definition) is 4. The Bertz CT molecular complexity index is 767. The molecule has 1 atom stereocenters. The normalized spacial score (nSPS) is 16.1. The molecular formula is C21H27N3O2S. The van der Waals surface area contributed by atoms with Gasteiger partial charge in [0.25, 0.3) is 0 Å². The van der Waals surface area contributed by atoms with Crippen molar-refractivity contribution in [2.75, 3.05) is 13.1 Å². The van der Waals surface area contributed by atoms with Crippen LogP contribution >= 0.6 is 11.3 Å². The number of aromatic nitrogens is 1. The Kier molecular flexibility index (Phi) is 6.61. The zero-order valence-electron chi connectivity index (χ0n) is 16.0. The number of rotatable bonds is 6. The third kappa shape index (κ3) is 5.63. The number of amides is 2. The maximum atomic E-state index is 12.4. The number of nitrogens with one attached hydrogen (secondary N) is 1. The average Bonchev–Trinajstić information content (AvgIpc) is 3.07. The van der Waals surface area contributed by atoms with E-state index in [0.29, 0.717) is 18.8 Å². The molecule has 5 nitrogen and oxygen atoms in total. The SMILES string of the molecule is Cc1nc(CC(=O)N2CCC(CC(=O)NC(C)c3ccccc3)CC2)cs1. The molecule has 1 aromatic carbocycles. The van der Waals surface area contributed by atoms with E-state index in [2.05, 4.69) is 10.3 Å². The van der Waals surface area contributed by atoms with Crippen molar-refractivity contribution in [3.8, 4) is 0 Å². The summed E-state index contributed by atoms with van der Waals surface area (Å²) in [4.78, 5) is 31.1. The molecule has 0 bridgehead atoms. The Balaban J connectivity index is 1.41. The summed E-state index contributed by atoms with van der Waals surface area (Å²) in [5, 5.41) is 6.04. The van der Waals surface area contributed by atoms with Gasteiger partial charge in [0.05, 0.1) is 23.2 Å². The highest BCUT2D eigenvalue weighted by Gasteiger charge is 2.25. The predicted octanol–water partition coefficient (Wildman–Crippen LogP) is 3.50. The first-order valence-electron chi connectivity index (χ1n) is 9.54. The van der Waals surface area contributed by atoms with Crippen molar-refractivity contribution in [2.45, 2.75) is 45.6 Å². The summed E-state index contributed by atoms with van der Waals surface area (Å²) in [6, 6.07) is 10.0. The Morgan fingerprint density at radius 1 is 1.26 bits per heavy atom. The lowest BCUT2D eigenvalue weighted by molar-refractivity contribution is -0.132. The Labute approximate surface area is 164 Å². The minimum Gasteiger partial charge on any atom is -0.350 e. The van der Waals surface area contributed by atoms with E-state index >= 15 is 0 Å². The van der Waals surface area contributed by atoms with Gasteiger partial charge in [-0.1, -0.05) is 30.3 Å². The summed E-state index contributed by atoms with van der Waals surface area (Å²) in [6.07, 6.45) is 2.68. The van der Waals surface area contributed by atoms with Crippen LogP contribution in [0.1, 0.15) is 48.5 Å². The first-order chi connectivity index (χ1) is 13.0. The molecule has 1 unspecified atom stereocenters. The van der Waals surface area contributed by atoms with Gasteiger partial charge in [-0.2, -0.15) is 0 Å². The zero-order valence-corrected chi connectivity index (χ0v) is 16.8. The van der Waals surface area contributed by atoms with Crippen LogP contribution in [0.2, 0.25) is 0 Å². The van der Waals surface area contributed by atoms with E-state index in [0.717, 1.165) is 42.2 Å². The molecule has 1 N–H and O–H groups in total. The minimum atomic E-state index is 0.0157. The van der Waals surface area contributed by atoms with Crippen molar-refractivity contribution in [2.24, 2.45) is 5.92 Å². The predicted molar refractivity (Wildman–Crippen MR) is 107 cm³/mol. The standard InChI is InChI=1S/C21H27N3O2S/c1-15(18-6-4-3-5-7-18)22-20(25)12-17-8-10-24(11-9-17)21(26)13-19-14-27-16(2)23-19/h3-7,14-15,17H,8-13H2,1-2H3,(H,22,25). The lowest BCUT2D eigenvalue weighted by atomic mass is 9.92. The number of piperidine rings is 1. The topological polar surface area (TPSA) is 62.3 Å². The first kappa shape index (κ1) is 19.5. The first-order valence-corrected chi connectivity index (χ1v) is 10.4. The largest absolute Gasteiger partial charge is 0.350 e. The van der Waals surface area contributed by atoms with Crippen LogP contribution in [0.4, 0.5) is 0 Å². The van der Waals surface area contributed by atoms with E-state index in [1.807, 2.05) is 54.5 Å². The molecule has 3 rings (SSSR count). The van der Waals surface area contributed by atoms with E-state index in [4.69, 9.17) is 0 Å². The van der Waals surface area contributed by atoms with E-state index in [-0.39, 0.29) is 17.9 Å². The fraction of sp³-hybridized carbons (Fsp3) is 0.476. The molecule has 2 aromatic rings. The number of thiazole rings is 1. The number of benzene rings is 1. The van der Waals surface area contributed by atoms with E-state index in [1.165, 1.54) is 0 Å². The molecule has 0 aliphatic carbocycles. The second-order valence-corrected chi connectivity index (χ2v) is 8.33. The molecule has 144 valence electrons. The Morgan fingerprint density at radius 3 is 2.59 bits per heavy atom. The van der Waals surface area contributed by atoms with E-state index < -0.39 is 0 Å². The molecule has 1 saturated heterocycles. The van der Waals surface area contributed by atoms with Crippen molar-refractivity contribution in [1.82, 2.24) is 15.2 Å². The second-order valence-electron chi connectivity index (χ2n) is 7.26. The van der Waals surface area contributed by atoms with Crippen LogP contribution in [-0.4, -0.2) is 34.8 Å². The Hall–Kier alpha value is -2.21. The average molecular weight is 386 g/mol. The van der Waals surface area contributed by atoms with Gasteiger partial charge >= 0.3 is 0 Å². The van der Waals surface area contributed by atoms with Gasteiger partial charge in [0, 0.05) is 24.9 Å². The van der Waals surface area contributed by atoms with Crippen molar-refractivity contribution >= 4 is 23.2 Å². The lowest BCUT2D eigenvalue weighted by Crippen LogP contribution is -2.40. The van der Waals surface area contributed by atoms with Crippen LogP contribution < -0.4 is 5.32 Å². The van der Waals surface area contributed by atoms with Crippen LogP contribution in [0.3, 0.4) is 0 Å². The monoisotopic (exact) mass is 385 g/mol. The number of carbonyl (C=O) groups excluding carboxylic acids is 2. The highest BCUT2D eigenvalue weighted by molar-refractivity contribution is 7.09. The van der Waals surface area contributed by atoms with Gasteiger partial charge in [0.15, 0.2) is 0 Å². The summed E-state index contributed by atoms with van der Waals surface area (Å²) in [7, 11) is 0. The van der Waals surface area contributed by atoms with Gasteiger partial charge in [-0.3, -0.25) is 9.59 Å². The smallest absolute Gasteiger partial charge is 0.228 e. The molecule has 27 heavy (non-hydrogen) atoms. The van der Waals surface area contributed by atoms with Gasteiger partial charge < -0.3 is 10.2 Å². The highest BCUT2D eigenvalue weighted by Crippen LogP contribution is 2.22. The van der Waals surface area contributed by atoms with Gasteiger partial charge in [0.1, 0.15) is 0 Å². The molecule has 0 saturated carbocycles. The molecular weight excluding hydrogens is 358 g/mol. The van der Waals surface area contributed by atoms with Gasteiger partial charge in [-0.25, -0.2) is 4.98 Å². The lowest BCUT2D eigenvalue weighted by Gasteiger charge is -2.32. The van der Waals surface area contributed by atoms with Crippen molar-refractivity contribution < 1.29 is 9.59 Å². The molecule has 0 spiro atoms. The maximum Gasteiger partial charge on any atom is 0.228 e. The van der Waals surface area contributed by atoms with E-state index in [9.17, 15) is 9.59 Å². The third-order valence-electron chi connectivity index (χ3n) is 5.12. The number of aryl methyl sites for hydroxylation is 1. The Morgan fingerprint density at radius 2 is 1.96 bits per heavy atom. The molecule has 1 aliphatic heterocycles. The molecule has 2 amide bonds. The summed E-state index contributed by atoms with van der Waals surface area (Å²) in [6.45, 7) is 5.42. The molecule has 1 aliphatic rings. The third-order valence-corrected chi connectivity index (χ3v) is 5.94. The number of carbonyl (C=O) groups is 2. The van der Waals surface area contributed by atoms with Gasteiger partial charge in [-0.15, -0.1) is 11.3 Å². The van der Waals surface area contributed by atoms with Crippen LogP contribution in [-0.2, 0) is 16.0 Å². The fourth-order valence-corrected chi connectivity index (χ4v) is 4.14. The van der Waals surface area contributed by atoms with Crippen LogP contribution in [0, 0.1) is 12.8 Å². The molecule has 1 fully saturated rings. The summed E-state index contributed by atoms with van der Waals surface area (Å²) < 4.78 is 0. The van der Waals surface area contributed by atoms with Gasteiger partial charge in [-0.05, 0) is 38.2 Å². The molecule has 6 heteroatoms. The van der Waals surface area contributed by atoms with Crippen LogP contribution in [0.25, 0.3) is 0 Å². The van der Waals surface area contributed by atoms with Gasteiger partial charge in [0.2, 0.25) is 11.8 Å². The minimum absolute atomic E-state index is 0.0157. The van der Waals surface area contributed by atoms with Crippen molar-refractivity contribution in [3.63, 3.8) is 0 Å². The summed E-state index contributed by atoms with van der Waals surface area (Å²) >= 11 is 1.58. The zero-order chi connectivity index (χ0) is 19.2. The second kappa shape index (κ2) is 9.13. The quantitative estimate of drug-likeness (QED) is 0.828. The fourth-order valence-electron chi connectivity index (χ4n) is 3.53. The van der Waals surface area contributed by atoms with Crippen molar-refractivity contribution in [1.29, 1.82) is 0 Å². The van der Waals surface area contributed by atoms with Crippen LogP contribution in [0.15, 0.2) is 35.7 Å². The highest BCUT2D eigenvalue weighted by atomic mass is 32.1. The summed E-state index contributed by atoms with van der Waals surface area (Å²) in [5.74, 6) is 0.577. The van der Waals surface area contributed by atoms with Crippen molar-refractivity contribution in [3.05, 3.63) is 52.0 Å². The molecule has 0 radical (unpaired) electrons.